The first-order valence-corrected chi connectivity index (χ1v) is 6.56. The standard InChI is InChI=1S/C14H17N3O2/c1-3-9-4-5-12(19-9)14-16-11-6-7-18-8-10(11)13(15-2)17-14/h4-5H,3,6-8H2,1-2H3,(H,15,16,17). The van der Waals surface area contributed by atoms with Crippen LogP contribution in [0, 0.1) is 0 Å². The second-order valence-corrected chi connectivity index (χ2v) is 4.49. The number of aryl methyl sites for hydroxylation is 1. The highest BCUT2D eigenvalue weighted by molar-refractivity contribution is 5.56. The summed E-state index contributed by atoms with van der Waals surface area (Å²) < 4.78 is 11.2. The van der Waals surface area contributed by atoms with Gasteiger partial charge in [-0.25, -0.2) is 9.97 Å². The molecule has 19 heavy (non-hydrogen) atoms. The largest absolute Gasteiger partial charge is 0.458 e. The van der Waals surface area contributed by atoms with Gasteiger partial charge < -0.3 is 14.5 Å². The summed E-state index contributed by atoms with van der Waals surface area (Å²) in [6.45, 7) is 3.35. The number of hydrogen-bond donors (Lipinski definition) is 1. The number of anilines is 1. The van der Waals surface area contributed by atoms with E-state index in [-0.39, 0.29) is 0 Å². The molecule has 0 amide bonds. The molecule has 0 spiro atoms. The second kappa shape index (κ2) is 5.01. The zero-order valence-corrected chi connectivity index (χ0v) is 11.2. The van der Waals surface area contributed by atoms with Crippen molar-refractivity contribution in [2.75, 3.05) is 19.0 Å². The molecule has 0 radical (unpaired) electrons. The fourth-order valence-electron chi connectivity index (χ4n) is 2.24. The van der Waals surface area contributed by atoms with Crippen molar-refractivity contribution in [3.63, 3.8) is 0 Å². The summed E-state index contributed by atoms with van der Waals surface area (Å²) >= 11 is 0. The van der Waals surface area contributed by atoms with Gasteiger partial charge in [0.05, 0.1) is 18.9 Å². The van der Waals surface area contributed by atoms with E-state index in [0.29, 0.717) is 19.0 Å². The van der Waals surface area contributed by atoms with Gasteiger partial charge in [-0.1, -0.05) is 6.92 Å². The fourth-order valence-corrected chi connectivity index (χ4v) is 2.24. The van der Waals surface area contributed by atoms with Crippen LogP contribution < -0.4 is 5.32 Å². The molecule has 0 aromatic carbocycles. The van der Waals surface area contributed by atoms with Gasteiger partial charge >= 0.3 is 0 Å². The van der Waals surface area contributed by atoms with Gasteiger partial charge in [-0.05, 0) is 12.1 Å². The third-order valence-corrected chi connectivity index (χ3v) is 3.29. The number of nitrogens with one attached hydrogen (secondary N) is 1. The van der Waals surface area contributed by atoms with Gasteiger partial charge in [0.1, 0.15) is 11.6 Å². The minimum atomic E-state index is 0.574. The highest BCUT2D eigenvalue weighted by Gasteiger charge is 2.19. The van der Waals surface area contributed by atoms with Crippen LogP contribution in [0.15, 0.2) is 16.5 Å². The molecule has 0 unspecified atom stereocenters. The molecule has 0 bridgehead atoms. The molecule has 1 N–H and O–H groups in total. The SMILES string of the molecule is CCc1ccc(-c2nc3c(c(NC)n2)COCC3)o1. The lowest BCUT2D eigenvalue weighted by Gasteiger charge is -2.18. The van der Waals surface area contributed by atoms with E-state index in [9.17, 15) is 0 Å². The van der Waals surface area contributed by atoms with Gasteiger partial charge in [0.15, 0.2) is 11.6 Å². The van der Waals surface area contributed by atoms with Gasteiger partial charge in [0.2, 0.25) is 0 Å². The fraction of sp³-hybridized carbons (Fsp3) is 0.429. The van der Waals surface area contributed by atoms with E-state index < -0.39 is 0 Å². The molecule has 1 aliphatic heterocycles. The molecule has 3 rings (SSSR count). The average Bonchev–Trinajstić information content (AvgIpc) is 2.95. The Morgan fingerprint density at radius 3 is 2.95 bits per heavy atom. The molecule has 5 nitrogen and oxygen atoms in total. The van der Waals surface area contributed by atoms with E-state index in [1.54, 1.807) is 0 Å². The van der Waals surface area contributed by atoms with Crippen molar-refractivity contribution in [2.45, 2.75) is 26.4 Å². The molecule has 2 aromatic rings. The lowest BCUT2D eigenvalue weighted by molar-refractivity contribution is 0.109. The van der Waals surface area contributed by atoms with Crippen molar-refractivity contribution in [1.82, 2.24) is 9.97 Å². The van der Waals surface area contributed by atoms with Crippen LogP contribution in [0.4, 0.5) is 5.82 Å². The summed E-state index contributed by atoms with van der Waals surface area (Å²) in [5, 5.41) is 3.11. The maximum absolute atomic E-state index is 5.73. The topological polar surface area (TPSA) is 60.2 Å². The Morgan fingerprint density at radius 2 is 2.21 bits per heavy atom. The molecular formula is C14H17N3O2. The Morgan fingerprint density at radius 1 is 1.32 bits per heavy atom. The first kappa shape index (κ1) is 12.2. The Labute approximate surface area is 112 Å². The Kier molecular flexibility index (Phi) is 3.21. The molecule has 0 saturated heterocycles. The highest BCUT2D eigenvalue weighted by Crippen LogP contribution is 2.26. The zero-order chi connectivity index (χ0) is 13.2. The van der Waals surface area contributed by atoms with E-state index in [1.807, 2.05) is 19.2 Å². The molecule has 0 atom stereocenters. The van der Waals surface area contributed by atoms with Crippen LogP contribution >= 0.6 is 0 Å². The normalized spacial score (nSPS) is 14.2. The van der Waals surface area contributed by atoms with Gasteiger partial charge in [0, 0.05) is 25.5 Å². The zero-order valence-electron chi connectivity index (χ0n) is 11.2. The van der Waals surface area contributed by atoms with Crippen molar-refractivity contribution in [1.29, 1.82) is 0 Å². The molecule has 5 heteroatoms. The van der Waals surface area contributed by atoms with E-state index in [0.717, 1.165) is 41.4 Å². The van der Waals surface area contributed by atoms with Gasteiger partial charge in [0.25, 0.3) is 0 Å². The lowest BCUT2D eigenvalue weighted by Crippen LogP contribution is -2.16. The smallest absolute Gasteiger partial charge is 0.197 e. The number of rotatable bonds is 3. The summed E-state index contributed by atoms with van der Waals surface area (Å²) in [4.78, 5) is 9.14. The molecule has 3 heterocycles. The molecule has 1 aliphatic rings. The van der Waals surface area contributed by atoms with Crippen LogP contribution in [0.25, 0.3) is 11.6 Å². The van der Waals surface area contributed by atoms with E-state index in [4.69, 9.17) is 9.15 Å². The first-order valence-electron chi connectivity index (χ1n) is 6.56. The summed E-state index contributed by atoms with van der Waals surface area (Å²) in [5.74, 6) is 3.15. The van der Waals surface area contributed by atoms with E-state index >= 15 is 0 Å². The predicted molar refractivity (Wildman–Crippen MR) is 72.0 cm³/mol. The number of hydrogen-bond acceptors (Lipinski definition) is 5. The van der Waals surface area contributed by atoms with Crippen LogP contribution in [-0.4, -0.2) is 23.6 Å². The van der Waals surface area contributed by atoms with E-state index in [1.165, 1.54) is 0 Å². The third kappa shape index (κ3) is 2.21. The number of ether oxygens (including phenoxy) is 1. The number of fused-ring (bicyclic) bond motifs is 1. The Hall–Kier alpha value is -1.88. The molecule has 0 aliphatic carbocycles. The van der Waals surface area contributed by atoms with Gasteiger partial charge in [-0.3, -0.25) is 0 Å². The van der Waals surface area contributed by atoms with Crippen molar-refractivity contribution < 1.29 is 9.15 Å². The van der Waals surface area contributed by atoms with Gasteiger partial charge in [-0.2, -0.15) is 0 Å². The maximum atomic E-state index is 5.73. The first-order chi connectivity index (χ1) is 9.31. The quantitative estimate of drug-likeness (QED) is 0.917. The number of aromatic nitrogens is 2. The summed E-state index contributed by atoms with van der Waals surface area (Å²) in [6, 6.07) is 3.90. The van der Waals surface area contributed by atoms with Crippen LogP contribution in [-0.2, 0) is 24.2 Å². The van der Waals surface area contributed by atoms with Crippen LogP contribution in [0.3, 0.4) is 0 Å². The average molecular weight is 259 g/mol. The third-order valence-electron chi connectivity index (χ3n) is 3.29. The molecule has 0 saturated carbocycles. The van der Waals surface area contributed by atoms with Crippen LogP contribution in [0.5, 0.6) is 0 Å². The minimum Gasteiger partial charge on any atom is -0.458 e. The summed E-state index contributed by atoms with van der Waals surface area (Å²) in [6.07, 6.45) is 1.69. The van der Waals surface area contributed by atoms with E-state index in [2.05, 4.69) is 22.2 Å². The number of furan rings is 1. The Bertz CT molecular complexity index is 575. The number of nitrogens with zero attached hydrogens (tertiary/aromatic N) is 2. The second-order valence-electron chi connectivity index (χ2n) is 4.49. The van der Waals surface area contributed by atoms with Crippen molar-refractivity contribution in [2.24, 2.45) is 0 Å². The monoisotopic (exact) mass is 259 g/mol. The van der Waals surface area contributed by atoms with Crippen LogP contribution in [0.2, 0.25) is 0 Å². The van der Waals surface area contributed by atoms with Crippen LogP contribution in [0.1, 0.15) is 23.9 Å². The summed E-state index contributed by atoms with van der Waals surface area (Å²) in [7, 11) is 1.86. The summed E-state index contributed by atoms with van der Waals surface area (Å²) in [5.41, 5.74) is 2.11. The highest BCUT2D eigenvalue weighted by atomic mass is 16.5. The van der Waals surface area contributed by atoms with Crippen molar-refractivity contribution >= 4 is 5.82 Å². The predicted octanol–water partition coefficient (Wildman–Crippen LogP) is 2.41. The molecule has 2 aromatic heterocycles. The molecular weight excluding hydrogens is 242 g/mol. The Balaban J connectivity index is 2.06. The maximum Gasteiger partial charge on any atom is 0.197 e. The molecule has 0 fully saturated rings. The lowest BCUT2D eigenvalue weighted by atomic mass is 10.1. The van der Waals surface area contributed by atoms with Crippen molar-refractivity contribution in [3.8, 4) is 11.6 Å². The van der Waals surface area contributed by atoms with Crippen molar-refractivity contribution in [3.05, 3.63) is 29.2 Å². The molecule has 100 valence electrons. The minimum absolute atomic E-state index is 0.574. The van der Waals surface area contributed by atoms with Gasteiger partial charge in [-0.15, -0.1) is 0 Å².